The molecule has 3 rings (SSSR count). The fraction of sp³-hybridized carbons (Fsp3) is 0.350. The third-order valence-electron chi connectivity index (χ3n) is 4.42. The Hall–Kier alpha value is -2.89. The van der Waals surface area contributed by atoms with E-state index in [2.05, 4.69) is 28.3 Å². The van der Waals surface area contributed by atoms with Gasteiger partial charge in [0.15, 0.2) is 5.82 Å². The molecular weight excluding hydrogens is 328 g/mol. The monoisotopic (exact) mass is 352 g/mol. The van der Waals surface area contributed by atoms with Gasteiger partial charge in [-0.2, -0.15) is 0 Å². The molecule has 6 heteroatoms. The van der Waals surface area contributed by atoms with Crippen LogP contribution in [0.3, 0.4) is 0 Å². The summed E-state index contributed by atoms with van der Waals surface area (Å²) in [5.74, 6) is -0.260. The van der Waals surface area contributed by atoms with E-state index in [0.717, 1.165) is 41.8 Å². The molecule has 0 spiro atoms. The maximum Gasteiger partial charge on any atom is 0.291 e. The molecule has 0 saturated heterocycles. The minimum Gasteiger partial charge on any atom is -0.347 e. The number of hydrogen-bond donors (Lipinski definition) is 2. The van der Waals surface area contributed by atoms with Crippen molar-refractivity contribution in [1.82, 2.24) is 14.9 Å². The van der Waals surface area contributed by atoms with Crippen LogP contribution in [0, 0.1) is 13.8 Å². The molecule has 0 radical (unpaired) electrons. The lowest BCUT2D eigenvalue weighted by atomic mass is 10.1. The van der Waals surface area contributed by atoms with Crippen molar-refractivity contribution in [1.29, 1.82) is 0 Å². The number of rotatable bonds is 5. The second kappa shape index (κ2) is 7.56. The van der Waals surface area contributed by atoms with Gasteiger partial charge in [-0.25, -0.2) is 4.98 Å². The Morgan fingerprint density at radius 3 is 2.62 bits per heavy atom. The van der Waals surface area contributed by atoms with Crippen LogP contribution >= 0.6 is 0 Å². The van der Waals surface area contributed by atoms with Gasteiger partial charge in [-0.05, 0) is 56.4 Å². The molecule has 2 heterocycles. The van der Waals surface area contributed by atoms with Crippen LogP contribution in [0.25, 0.3) is 0 Å². The van der Waals surface area contributed by atoms with Crippen molar-refractivity contribution in [3.05, 3.63) is 59.2 Å². The predicted molar refractivity (Wildman–Crippen MR) is 102 cm³/mol. The van der Waals surface area contributed by atoms with Crippen molar-refractivity contribution >= 4 is 17.5 Å². The molecule has 2 N–H and O–H groups in total. The lowest BCUT2D eigenvalue weighted by Gasteiger charge is -2.17. The van der Waals surface area contributed by atoms with E-state index < -0.39 is 0 Å². The number of hydrogen-bond acceptors (Lipinski definition) is 3. The highest BCUT2D eigenvalue weighted by atomic mass is 16.2. The number of imidazole rings is 1. The summed E-state index contributed by atoms with van der Waals surface area (Å²) in [5, 5.41) is 5.67. The first kappa shape index (κ1) is 17.9. The number of amides is 2. The van der Waals surface area contributed by atoms with Gasteiger partial charge in [0.1, 0.15) is 5.69 Å². The SMILES string of the molecule is C=CCNC(=O)c1nc(C(=O)Nc2cc(C)cc(C)c2)n2c1CCCC2. The Morgan fingerprint density at radius 2 is 1.92 bits per heavy atom. The van der Waals surface area contributed by atoms with E-state index in [0.29, 0.717) is 24.6 Å². The van der Waals surface area contributed by atoms with Crippen LogP contribution < -0.4 is 10.6 Å². The normalized spacial score (nSPS) is 13.0. The van der Waals surface area contributed by atoms with Crippen LogP contribution in [0.15, 0.2) is 30.9 Å². The molecule has 136 valence electrons. The molecule has 0 saturated carbocycles. The zero-order chi connectivity index (χ0) is 18.7. The zero-order valence-electron chi connectivity index (χ0n) is 15.3. The van der Waals surface area contributed by atoms with E-state index in [1.807, 2.05) is 30.5 Å². The van der Waals surface area contributed by atoms with Gasteiger partial charge in [0.2, 0.25) is 0 Å². The summed E-state index contributed by atoms with van der Waals surface area (Å²) in [6.45, 7) is 8.65. The number of fused-ring (bicyclic) bond motifs is 1. The number of carbonyl (C=O) groups is 2. The first-order valence-electron chi connectivity index (χ1n) is 8.87. The number of nitrogens with zero attached hydrogens (tertiary/aromatic N) is 2. The summed E-state index contributed by atoms with van der Waals surface area (Å²) in [7, 11) is 0. The fourth-order valence-corrected chi connectivity index (χ4v) is 3.38. The first-order valence-corrected chi connectivity index (χ1v) is 8.87. The second-order valence-corrected chi connectivity index (χ2v) is 6.67. The molecule has 1 aliphatic rings. The van der Waals surface area contributed by atoms with Gasteiger partial charge in [-0.1, -0.05) is 12.1 Å². The summed E-state index contributed by atoms with van der Waals surface area (Å²) < 4.78 is 1.88. The Kier molecular flexibility index (Phi) is 5.21. The third kappa shape index (κ3) is 3.69. The lowest BCUT2D eigenvalue weighted by Crippen LogP contribution is -2.25. The number of nitrogens with one attached hydrogen (secondary N) is 2. The van der Waals surface area contributed by atoms with Gasteiger partial charge in [-0.3, -0.25) is 9.59 Å². The van der Waals surface area contributed by atoms with Crippen molar-refractivity contribution in [2.24, 2.45) is 0 Å². The zero-order valence-corrected chi connectivity index (χ0v) is 15.3. The number of anilines is 1. The molecule has 1 aliphatic heterocycles. The lowest BCUT2D eigenvalue weighted by molar-refractivity contribution is 0.0952. The maximum absolute atomic E-state index is 12.8. The molecule has 0 bridgehead atoms. The highest BCUT2D eigenvalue weighted by Gasteiger charge is 2.27. The van der Waals surface area contributed by atoms with Crippen LogP contribution in [0.5, 0.6) is 0 Å². The molecular formula is C20H24N4O2. The molecule has 0 fully saturated rings. The molecule has 6 nitrogen and oxygen atoms in total. The molecule has 1 aromatic heterocycles. The van der Waals surface area contributed by atoms with Crippen molar-refractivity contribution in [2.75, 3.05) is 11.9 Å². The Balaban J connectivity index is 1.91. The predicted octanol–water partition coefficient (Wildman–Crippen LogP) is 3.00. The largest absolute Gasteiger partial charge is 0.347 e. The molecule has 1 aromatic carbocycles. The van der Waals surface area contributed by atoms with Crippen LogP contribution in [0.1, 0.15) is 50.8 Å². The molecule has 0 unspecified atom stereocenters. The molecule has 0 atom stereocenters. The Morgan fingerprint density at radius 1 is 1.19 bits per heavy atom. The van der Waals surface area contributed by atoms with E-state index in [4.69, 9.17) is 0 Å². The van der Waals surface area contributed by atoms with Crippen molar-refractivity contribution in [2.45, 2.75) is 39.7 Å². The highest BCUT2D eigenvalue weighted by Crippen LogP contribution is 2.22. The van der Waals surface area contributed by atoms with Crippen molar-refractivity contribution in [3.63, 3.8) is 0 Å². The van der Waals surface area contributed by atoms with Gasteiger partial charge in [-0.15, -0.1) is 6.58 Å². The van der Waals surface area contributed by atoms with Crippen LogP contribution in [0.2, 0.25) is 0 Å². The molecule has 2 amide bonds. The van der Waals surface area contributed by atoms with E-state index in [-0.39, 0.29) is 11.8 Å². The van der Waals surface area contributed by atoms with Crippen molar-refractivity contribution < 1.29 is 9.59 Å². The summed E-state index contributed by atoms with van der Waals surface area (Å²) >= 11 is 0. The molecule has 2 aromatic rings. The van der Waals surface area contributed by atoms with Gasteiger partial charge < -0.3 is 15.2 Å². The minimum atomic E-state index is -0.291. The fourth-order valence-electron chi connectivity index (χ4n) is 3.38. The Labute approximate surface area is 153 Å². The summed E-state index contributed by atoms with van der Waals surface area (Å²) in [6, 6.07) is 5.89. The first-order chi connectivity index (χ1) is 12.5. The number of aryl methyl sites for hydroxylation is 2. The van der Waals surface area contributed by atoms with E-state index in [1.54, 1.807) is 6.08 Å². The average molecular weight is 352 g/mol. The van der Waals surface area contributed by atoms with Gasteiger partial charge in [0, 0.05) is 18.8 Å². The smallest absolute Gasteiger partial charge is 0.291 e. The average Bonchev–Trinajstić information content (AvgIpc) is 2.98. The summed E-state index contributed by atoms with van der Waals surface area (Å²) in [5.41, 5.74) is 4.07. The van der Waals surface area contributed by atoms with Gasteiger partial charge in [0.05, 0.1) is 5.69 Å². The maximum atomic E-state index is 12.8. The van der Waals surface area contributed by atoms with E-state index in [1.165, 1.54) is 0 Å². The second-order valence-electron chi connectivity index (χ2n) is 6.67. The van der Waals surface area contributed by atoms with Gasteiger partial charge >= 0.3 is 0 Å². The Bertz CT molecular complexity index is 847. The van der Waals surface area contributed by atoms with E-state index >= 15 is 0 Å². The third-order valence-corrected chi connectivity index (χ3v) is 4.42. The number of carbonyl (C=O) groups excluding carboxylic acids is 2. The van der Waals surface area contributed by atoms with Crippen molar-refractivity contribution in [3.8, 4) is 0 Å². The van der Waals surface area contributed by atoms with E-state index in [9.17, 15) is 9.59 Å². The van der Waals surface area contributed by atoms with Gasteiger partial charge in [0.25, 0.3) is 11.8 Å². The summed E-state index contributed by atoms with van der Waals surface area (Å²) in [6.07, 6.45) is 4.33. The number of benzene rings is 1. The molecule has 0 aliphatic carbocycles. The van der Waals surface area contributed by atoms with Crippen LogP contribution in [0.4, 0.5) is 5.69 Å². The van der Waals surface area contributed by atoms with Crippen LogP contribution in [-0.2, 0) is 13.0 Å². The molecule has 26 heavy (non-hydrogen) atoms. The minimum absolute atomic E-state index is 0.263. The highest BCUT2D eigenvalue weighted by molar-refractivity contribution is 6.03. The van der Waals surface area contributed by atoms with Crippen LogP contribution in [-0.4, -0.2) is 27.9 Å². The standard InChI is InChI=1S/C20H24N4O2/c1-4-8-21-19(25)17-16-7-5-6-9-24(16)18(23-17)20(26)22-15-11-13(2)10-14(3)12-15/h4,10-12H,1,5-9H2,2-3H3,(H,21,25)(H,22,26). The quantitative estimate of drug-likeness (QED) is 0.812. The number of aromatic nitrogens is 2. The topological polar surface area (TPSA) is 76.0 Å². The summed E-state index contributed by atoms with van der Waals surface area (Å²) in [4.78, 5) is 29.6.